The molecule has 0 radical (unpaired) electrons. The molecule has 0 aromatic heterocycles. The first-order chi connectivity index (χ1) is 13.0. The van der Waals surface area contributed by atoms with E-state index in [1.54, 1.807) is 12.0 Å². The van der Waals surface area contributed by atoms with Crippen molar-refractivity contribution in [1.82, 2.24) is 15.1 Å². The molecular weight excluding hydrogens is 360 g/mol. The molecule has 0 unspecified atom stereocenters. The number of ether oxygens (including phenoxy) is 2. The summed E-state index contributed by atoms with van der Waals surface area (Å²) in [4.78, 5) is 27.6. The van der Waals surface area contributed by atoms with Gasteiger partial charge >= 0.3 is 0 Å². The molecule has 1 heterocycles. The third kappa shape index (κ3) is 7.10. The van der Waals surface area contributed by atoms with E-state index >= 15 is 0 Å². The fourth-order valence-electron chi connectivity index (χ4n) is 2.68. The lowest BCUT2D eigenvalue weighted by Gasteiger charge is -2.34. The van der Waals surface area contributed by atoms with Gasteiger partial charge in [-0.3, -0.25) is 14.5 Å². The molecule has 0 saturated carbocycles. The van der Waals surface area contributed by atoms with Crippen molar-refractivity contribution in [2.45, 2.75) is 6.42 Å². The minimum absolute atomic E-state index is 0.0546. The van der Waals surface area contributed by atoms with Gasteiger partial charge in [-0.1, -0.05) is 0 Å². The van der Waals surface area contributed by atoms with Crippen molar-refractivity contribution < 1.29 is 27.8 Å². The lowest BCUT2D eigenvalue weighted by Crippen LogP contribution is -2.52. The van der Waals surface area contributed by atoms with Gasteiger partial charge in [-0.25, -0.2) is 8.78 Å². The molecule has 1 N–H and O–H groups in total. The van der Waals surface area contributed by atoms with Gasteiger partial charge in [0.15, 0.2) is 18.2 Å². The maximum absolute atomic E-state index is 13.5. The summed E-state index contributed by atoms with van der Waals surface area (Å²) in [5.74, 6) is -2.04. The van der Waals surface area contributed by atoms with Crippen molar-refractivity contribution in [3.8, 4) is 5.75 Å². The number of benzene rings is 1. The normalized spacial score (nSPS) is 14.9. The van der Waals surface area contributed by atoms with Crippen LogP contribution >= 0.6 is 0 Å². The highest BCUT2D eigenvalue weighted by Crippen LogP contribution is 2.17. The smallest absolute Gasteiger partial charge is 0.260 e. The minimum atomic E-state index is -0.843. The van der Waals surface area contributed by atoms with Crippen LogP contribution in [0.1, 0.15) is 6.42 Å². The molecular formula is C18H25F2N3O4. The second kappa shape index (κ2) is 10.8. The lowest BCUT2D eigenvalue weighted by atomic mass is 10.3. The molecule has 2 rings (SSSR count). The highest BCUT2D eigenvalue weighted by molar-refractivity contribution is 5.79. The summed E-state index contributed by atoms with van der Waals surface area (Å²) in [6, 6.07) is 2.93. The number of hydrogen-bond acceptors (Lipinski definition) is 5. The Labute approximate surface area is 157 Å². The predicted molar refractivity (Wildman–Crippen MR) is 94.4 cm³/mol. The van der Waals surface area contributed by atoms with E-state index in [4.69, 9.17) is 9.47 Å². The Morgan fingerprint density at radius 1 is 1.19 bits per heavy atom. The third-order valence-electron chi connectivity index (χ3n) is 4.18. The molecule has 1 aromatic rings. The topological polar surface area (TPSA) is 71.1 Å². The monoisotopic (exact) mass is 385 g/mol. The maximum atomic E-state index is 13.5. The number of halogens is 2. The van der Waals surface area contributed by atoms with Gasteiger partial charge in [0.25, 0.3) is 5.91 Å². The van der Waals surface area contributed by atoms with Crippen molar-refractivity contribution in [1.29, 1.82) is 0 Å². The molecule has 0 spiro atoms. The fourth-order valence-corrected chi connectivity index (χ4v) is 2.68. The molecule has 0 bridgehead atoms. The fraction of sp³-hybridized carbons (Fsp3) is 0.556. The number of nitrogens with zero attached hydrogens (tertiary/aromatic N) is 2. The first-order valence-corrected chi connectivity index (χ1v) is 8.83. The minimum Gasteiger partial charge on any atom is -0.481 e. The molecule has 0 aliphatic carbocycles. The van der Waals surface area contributed by atoms with Crippen molar-refractivity contribution in [3.63, 3.8) is 0 Å². The van der Waals surface area contributed by atoms with E-state index < -0.39 is 11.6 Å². The second-order valence-electron chi connectivity index (χ2n) is 6.22. The molecule has 1 aliphatic rings. The van der Waals surface area contributed by atoms with Crippen LogP contribution in [0.4, 0.5) is 8.78 Å². The SMILES string of the molecule is COCCCNC(=O)CN1CCN(C(=O)COc2ccc(F)cc2F)CC1. The van der Waals surface area contributed by atoms with Gasteiger partial charge in [0, 0.05) is 52.5 Å². The molecule has 7 nitrogen and oxygen atoms in total. The number of carbonyl (C=O) groups excluding carboxylic acids is 2. The number of amides is 2. The number of methoxy groups -OCH3 is 1. The van der Waals surface area contributed by atoms with Crippen LogP contribution in [0.3, 0.4) is 0 Å². The van der Waals surface area contributed by atoms with Crippen molar-refractivity contribution in [2.75, 3.05) is 59.6 Å². The molecule has 9 heteroatoms. The number of piperazine rings is 1. The molecule has 1 aromatic carbocycles. The van der Waals surface area contributed by atoms with Gasteiger partial charge in [-0.2, -0.15) is 0 Å². The average Bonchev–Trinajstić information content (AvgIpc) is 2.65. The Kier molecular flexibility index (Phi) is 8.41. The van der Waals surface area contributed by atoms with E-state index in [2.05, 4.69) is 5.32 Å². The Morgan fingerprint density at radius 3 is 2.59 bits per heavy atom. The van der Waals surface area contributed by atoms with E-state index in [-0.39, 0.29) is 30.7 Å². The summed E-state index contributed by atoms with van der Waals surface area (Å²) in [5.41, 5.74) is 0. The van der Waals surface area contributed by atoms with E-state index in [0.29, 0.717) is 45.4 Å². The van der Waals surface area contributed by atoms with Gasteiger partial charge in [0.1, 0.15) is 5.82 Å². The number of hydrogen-bond donors (Lipinski definition) is 1. The van der Waals surface area contributed by atoms with Crippen molar-refractivity contribution in [3.05, 3.63) is 29.8 Å². The number of carbonyl (C=O) groups is 2. The summed E-state index contributed by atoms with van der Waals surface area (Å²) in [7, 11) is 1.61. The molecule has 150 valence electrons. The third-order valence-corrected chi connectivity index (χ3v) is 4.18. The summed E-state index contributed by atoms with van der Waals surface area (Å²) < 4.78 is 36.4. The Hall–Kier alpha value is -2.26. The Balaban J connectivity index is 1.67. The number of rotatable bonds is 9. The predicted octanol–water partition coefficient (Wildman–Crippen LogP) is 0.641. The molecule has 1 saturated heterocycles. The van der Waals surface area contributed by atoms with Crippen LogP contribution < -0.4 is 10.1 Å². The first kappa shape index (κ1) is 21.0. The van der Waals surface area contributed by atoms with Crippen molar-refractivity contribution >= 4 is 11.8 Å². The van der Waals surface area contributed by atoms with Gasteiger partial charge in [-0.05, 0) is 18.6 Å². The largest absolute Gasteiger partial charge is 0.481 e. The molecule has 27 heavy (non-hydrogen) atoms. The quantitative estimate of drug-likeness (QED) is 0.632. The zero-order chi connectivity index (χ0) is 19.6. The maximum Gasteiger partial charge on any atom is 0.260 e. The van der Waals surface area contributed by atoms with Gasteiger partial charge < -0.3 is 19.7 Å². The zero-order valence-corrected chi connectivity index (χ0v) is 15.4. The Bertz CT molecular complexity index is 637. The van der Waals surface area contributed by atoms with Crippen LogP contribution in [-0.4, -0.2) is 81.2 Å². The molecule has 2 amide bonds. The van der Waals surface area contributed by atoms with Gasteiger partial charge in [-0.15, -0.1) is 0 Å². The van der Waals surface area contributed by atoms with Crippen LogP contribution in [0, 0.1) is 11.6 Å². The second-order valence-corrected chi connectivity index (χ2v) is 6.22. The van der Waals surface area contributed by atoms with E-state index in [1.807, 2.05) is 4.90 Å². The first-order valence-electron chi connectivity index (χ1n) is 8.83. The van der Waals surface area contributed by atoms with Gasteiger partial charge in [0.2, 0.25) is 5.91 Å². The lowest BCUT2D eigenvalue weighted by molar-refractivity contribution is -0.135. The standard InChI is InChI=1S/C18H25F2N3O4/c1-26-10-2-5-21-17(24)12-22-6-8-23(9-7-22)18(25)13-27-16-4-3-14(19)11-15(16)20/h3-4,11H,2,5-10,12-13H2,1H3,(H,21,24). The van der Waals surface area contributed by atoms with Crippen LogP contribution in [0.15, 0.2) is 18.2 Å². The van der Waals surface area contributed by atoms with Crippen molar-refractivity contribution in [2.24, 2.45) is 0 Å². The highest BCUT2D eigenvalue weighted by Gasteiger charge is 2.23. The van der Waals surface area contributed by atoms with Gasteiger partial charge in [0.05, 0.1) is 6.54 Å². The van der Waals surface area contributed by atoms with Crippen LogP contribution in [0.2, 0.25) is 0 Å². The van der Waals surface area contributed by atoms with E-state index in [9.17, 15) is 18.4 Å². The summed E-state index contributed by atoms with van der Waals surface area (Å²) in [6.07, 6.45) is 0.763. The summed E-state index contributed by atoms with van der Waals surface area (Å²) >= 11 is 0. The van der Waals surface area contributed by atoms with Crippen LogP contribution in [-0.2, 0) is 14.3 Å². The number of nitrogens with one attached hydrogen (secondary N) is 1. The highest BCUT2D eigenvalue weighted by atomic mass is 19.1. The van der Waals surface area contributed by atoms with Crippen LogP contribution in [0.25, 0.3) is 0 Å². The van der Waals surface area contributed by atoms with Crippen LogP contribution in [0.5, 0.6) is 5.75 Å². The van der Waals surface area contributed by atoms with E-state index in [1.165, 1.54) is 0 Å². The molecule has 1 fully saturated rings. The summed E-state index contributed by atoms with van der Waals surface area (Å²) in [5, 5.41) is 2.82. The average molecular weight is 385 g/mol. The van der Waals surface area contributed by atoms with E-state index in [0.717, 1.165) is 18.6 Å². The zero-order valence-electron chi connectivity index (χ0n) is 15.4. The summed E-state index contributed by atoms with van der Waals surface area (Å²) in [6.45, 7) is 3.21. The molecule has 1 aliphatic heterocycles. The Morgan fingerprint density at radius 2 is 1.93 bits per heavy atom. The molecule has 0 atom stereocenters.